The van der Waals surface area contributed by atoms with Crippen LogP contribution in [0.4, 0.5) is 0 Å². The second-order valence-electron chi connectivity index (χ2n) is 3.51. The molecule has 0 radical (unpaired) electrons. The third-order valence-corrected chi connectivity index (χ3v) is 3.52. The summed E-state index contributed by atoms with van der Waals surface area (Å²) >= 11 is 1.45. The zero-order chi connectivity index (χ0) is 11.0. The first-order valence-corrected chi connectivity index (χ1v) is 5.84. The summed E-state index contributed by atoms with van der Waals surface area (Å²) in [6, 6.07) is 9.53. The second-order valence-corrected chi connectivity index (χ2v) is 4.42. The molecular weight excluding hydrogens is 224 g/mol. The molecule has 2 heterocycles. The van der Waals surface area contributed by atoms with Gasteiger partial charge in [0, 0.05) is 5.38 Å². The van der Waals surface area contributed by atoms with Crippen molar-refractivity contribution in [1.29, 1.82) is 0 Å². The van der Waals surface area contributed by atoms with Crippen molar-refractivity contribution < 1.29 is 14.6 Å². The molecule has 2 aromatic rings. The van der Waals surface area contributed by atoms with Gasteiger partial charge < -0.3 is 14.6 Å². The Bertz CT molecular complexity index is 492. The van der Waals surface area contributed by atoms with Gasteiger partial charge in [-0.3, -0.25) is 0 Å². The van der Waals surface area contributed by atoms with Crippen LogP contribution in [0.5, 0.6) is 11.5 Å². The summed E-state index contributed by atoms with van der Waals surface area (Å²) in [5.74, 6) is 1.41. The van der Waals surface area contributed by atoms with Gasteiger partial charge in [0.15, 0.2) is 11.5 Å². The molecule has 0 fully saturated rings. The maximum atomic E-state index is 10.2. The number of ether oxygens (including phenoxy) is 2. The fourth-order valence-corrected chi connectivity index (χ4v) is 2.66. The molecule has 3 rings (SSSR count). The van der Waals surface area contributed by atoms with Crippen molar-refractivity contribution in [2.75, 3.05) is 6.79 Å². The molecule has 0 amide bonds. The molecule has 1 unspecified atom stereocenters. The van der Waals surface area contributed by atoms with E-state index in [1.165, 1.54) is 11.3 Å². The Balaban J connectivity index is 1.98. The Morgan fingerprint density at radius 3 is 2.81 bits per heavy atom. The van der Waals surface area contributed by atoms with Crippen LogP contribution in [0.1, 0.15) is 16.5 Å². The van der Waals surface area contributed by atoms with E-state index in [0.717, 1.165) is 16.2 Å². The minimum Gasteiger partial charge on any atom is -0.453 e. The minimum absolute atomic E-state index is 0.243. The number of rotatable bonds is 2. The predicted octanol–water partition coefficient (Wildman–Crippen LogP) is 2.56. The number of fused-ring (bicyclic) bond motifs is 1. The number of thiophene rings is 1. The Morgan fingerprint density at radius 1 is 1.19 bits per heavy atom. The van der Waals surface area contributed by atoms with Crippen LogP contribution < -0.4 is 9.47 Å². The fourth-order valence-electron chi connectivity index (χ4n) is 1.71. The lowest BCUT2D eigenvalue weighted by atomic mass is 10.1. The topological polar surface area (TPSA) is 38.7 Å². The molecule has 1 atom stereocenters. The molecule has 82 valence electrons. The SMILES string of the molecule is OC(c1ccccc1)c1scc2c1OCO2. The van der Waals surface area contributed by atoms with Crippen LogP contribution in [0, 0.1) is 0 Å². The van der Waals surface area contributed by atoms with E-state index < -0.39 is 6.10 Å². The van der Waals surface area contributed by atoms with Crippen LogP contribution >= 0.6 is 11.3 Å². The van der Waals surface area contributed by atoms with Crippen molar-refractivity contribution >= 4 is 11.3 Å². The van der Waals surface area contributed by atoms with Crippen LogP contribution in [0.3, 0.4) is 0 Å². The van der Waals surface area contributed by atoms with E-state index in [-0.39, 0.29) is 6.79 Å². The second kappa shape index (κ2) is 3.81. The molecule has 4 heteroatoms. The van der Waals surface area contributed by atoms with Gasteiger partial charge in [-0.15, -0.1) is 11.3 Å². The van der Waals surface area contributed by atoms with Gasteiger partial charge in [0.2, 0.25) is 6.79 Å². The summed E-state index contributed by atoms with van der Waals surface area (Å²) in [6.45, 7) is 0.243. The van der Waals surface area contributed by atoms with E-state index in [4.69, 9.17) is 9.47 Å². The maximum Gasteiger partial charge on any atom is 0.231 e. The number of aliphatic hydroxyl groups excluding tert-OH is 1. The Labute approximate surface area is 96.9 Å². The van der Waals surface area contributed by atoms with Crippen molar-refractivity contribution in [3.63, 3.8) is 0 Å². The summed E-state index contributed by atoms with van der Waals surface area (Å²) in [6.07, 6.45) is -0.642. The normalized spacial score (nSPS) is 15.1. The lowest BCUT2D eigenvalue weighted by molar-refractivity contribution is 0.168. The third kappa shape index (κ3) is 1.47. The smallest absolute Gasteiger partial charge is 0.231 e. The van der Waals surface area contributed by atoms with Crippen molar-refractivity contribution in [2.45, 2.75) is 6.10 Å². The predicted molar refractivity (Wildman–Crippen MR) is 60.9 cm³/mol. The average Bonchev–Trinajstić information content (AvgIpc) is 2.91. The number of aliphatic hydroxyl groups is 1. The monoisotopic (exact) mass is 234 g/mol. The van der Waals surface area contributed by atoms with E-state index in [0.29, 0.717) is 5.75 Å². The number of hydrogen-bond donors (Lipinski definition) is 1. The molecule has 0 saturated carbocycles. The van der Waals surface area contributed by atoms with Crippen molar-refractivity contribution in [2.24, 2.45) is 0 Å². The molecule has 0 bridgehead atoms. The summed E-state index contributed by atoms with van der Waals surface area (Å²) in [4.78, 5) is 0.804. The average molecular weight is 234 g/mol. The molecule has 0 saturated heterocycles. The van der Waals surface area contributed by atoms with Gasteiger partial charge >= 0.3 is 0 Å². The molecule has 1 aliphatic heterocycles. The molecule has 1 N–H and O–H groups in total. The van der Waals surface area contributed by atoms with Gasteiger partial charge in [-0.2, -0.15) is 0 Å². The summed E-state index contributed by atoms with van der Waals surface area (Å²) in [5, 5.41) is 12.1. The minimum atomic E-state index is -0.642. The van der Waals surface area contributed by atoms with E-state index in [1.54, 1.807) is 0 Å². The highest BCUT2D eigenvalue weighted by Crippen LogP contribution is 2.45. The zero-order valence-electron chi connectivity index (χ0n) is 8.42. The quantitative estimate of drug-likeness (QED) is 0.868. The van der Waals surface area contributed by atoms with E-state index >= 15 is 0 Å². The van der Waals surface area contributed by atoms with Gasteiger partial charge in [-0.25, -0.2) is 0 Å². The highest BCUT2D eigenvalue weighted by molar-refractivity contribution is 7.10. The number of benzene rings is 1. The van der Waals surface area contributed by atoms with Crippen LogP contribution in [0.15, 0.2) is 35.7 Å². The lowest BCUT2D eigenvalue weighted by Gasteiger charge is -2.09. The summed E-state index contributed by atoms with van der Waals surface area (Å²) in [5.41, 5.74) is 0.864. The van der Waals surface area contributed by atoms with Crippen molar-refractivity contribution in [1.82, 2.24) is 0 Å². The van der Waals surface area contributed by atoms with Crippen LogP contribution in [0.25, 0.3) is 0 Å². The Hall–Kier alpha value is -1.52. The van der Waals surface area contributed by atoms with Gasteiger partial charge in [0.1, 0.15) is 6.10 Å². The van der Waals surface area contributed by atoms with Crippen molar-refractivity contribution in [3.05, 3.63) is 46.2 Å². The van der Waals surface area contributed by atoms with Crippen LogP contribution in [-0.2, 0) is 0 Å². The zero-order valence-corrected chi connectivity index (χ0v) is 9.24. The maximum absolute atomic E-state index is 10.2. The molecule has 0 aliphatic carbocycles. The summed E-state index contributed by atoms with van der Waals surface area (Å²) in [7, 11) is 0. The van der Waals surface area contributed by atoms with Crippen LogP contribution in [-0.4, -0.2) is 11.9 Å². The Kier molecular flexibility index (Phi) is 2.31. The fraction of sp³-hybridized carbons (Fsp3) is 0.167. The van der Waals surface area contributed by atoms with Gasteiger partial charge in [0.05, 0.1) is 4.88 Å². The first kappa shape index (κ1) is 9.69. The molecule has 3 nitrogen and oxygen atoms in total. The van der Waals surface area contributed by atoms with Gasteiger partial charge in [-0.05, 0) is 5.56 Å². The summed E-state index contributed by atoms with van der Waals surface area (Å²) < 4.78 is 10.6. The molecule has 1 aromatic carbocycles. The first-order chi connectivity index (χ1) is 7.86. The van der Waals surface area contributed by atoms with E-state index in [9.17, 15) is 5.11 Å². The highest BCUT2D eigenvalue weighted by atomic mass is 32.1. The molecule has 0 spiro atoms. The molecule has 16 heavy (non-hydrogen) atoms. The van der Waals surface area contributed by atoms with E-state index in [1.807, 2.05) is 35.7 Å². The third-order valence-electron chi connectivity index (χ3n) is 2.52. The molecule has 1 aliphatic rings. The molecular formula is C12H10O3S. The largest absolute Gasteiger partial charge is 0.453 e. The van der Waals surface area contributed by atoms with Gasteiger partial charge in [-0.1, -0.05) is 30.3 Å². The van der Waals surface area contributed by atoms with Crippen molar-refractivity contribution in [3.8, 4) is 11.5 Å². The standard InChI is InChI=1S/C12H10O3S/c13-10(8-4-2-1-3-5-8)12-11-9(6-16-12)14-7-15-11/h1-6,10,13H,7H2. The Morgan fingerprint density at radius 2 is 2.00 bits per heavy atom. The van der Waals surface area contributed by atoms with E-state index in [2.05, 4.69) is 0 Å². The number of hydrogen-bond acceptors (Lipinski definition) is 4. The highest BCUT2D eigenvalue weighted by Gasteiger charge is 2.25. The first-order valence-electron chi connectivity index (χ1n) is 4.96. The van der Waals surface area contributed by atoms with Crippen LogP contribution in [0.2, 0.25) is 0 Å². The van der Waals surface area contributed by atoms with Gasteiger partial charge in [0.25, 0.3) is 0 Å². The lowest BCUT2D eigenvalue weighted by Crippen LogP contribution is -2.00. The molecule has 1 aromatic heterocycles.